The number of amides is 3. The maximum atomic E-state index is 14.5. The van der Waals surface area contributed by atoms with E-state index in [-0.39, 0.29) is 18.9 Å². The van der Waals surface area contributed by atoms with Gasteiger partial charge in [-0.1, -0.05) is 88.4 Å². The lowest BCUT2D eigenvalue weighted by molar-refractivity contribution is -0.159. The molecule has 3 amide bonds. The van der Waals surface area contributed by atoms with Gasteiger partial charge in [0.15, 0.2) is 0 Å². The molecule has 4 unspecified atom stereocenters. The van der Waals surface area contributed by atoms with Crippen LogP contribution in [-0.2, 0) is 30.3 Å². The quantitative estimate of drug-likeness (QED) is 0.226. The number of nitrogens with zero attached hydrogens (tertiary/aromatic N) is 1. The topological polar surface area (TPSA) is 114 Å². The van der Waals surface area contributed by atoms with Crippen LogP contribution >= 0.6 is 0 Å². The molecule has 0 spiro atoms. The van der Waals surface area contributed by atoms with E-state index in [1.54, 1.807) is 65.8 Å². The fourth-order valence-electron chi connectivity index (χ4n) is 4.90. The molecule has 2 aromatic rings. The third kappa shape index (κ3) is 12.0. The first-order chi connectivity index (χ1) is 21.5. The third-order valence-corrected chi connectivity index (χ3v) is 7.21. The van der Waals surface area contributed by atoms with E-state index in [0.717, 1.165) is 11.1 Å². The van der Waals surface area contributed by atoms with Crippen molar-refractivity contribution < 1.29 is 28.7 Å². The number of ether oxygens (including phenoxy) is 2. The number of hydrogen-bond donors (Lipinski definition) is 2. The van der Waals surface area contributed by atoms with Crippen molar-refractivity contribution in [1.29, 1.82) is 0 Å². The Bertz CT molecular complexity index is 1330. The highest BCUT2D eigenvalue weighted by atomic mass is 16.6. The predicted octanol–water partition coefficient (Wildman–Crippen LogP) is 6.62. The van der Waals surface area contributed by atoms with Gasteiger partial charge in [0, 0.05) is 13.0 Å². The van der Waals surface area contributed by atoms with Crippen LogP contribution in [0.3, 0.4) is 0 Å². The molecule has 9 nitrogen and oxygen atoms in total. The Kier molecular flexibility index (Phi) is 14.0. The van der Waals surface area contributed by atoms with Crippen molar-refractivity contribution in [3.8, 4) is 0 Å². The minimum Gasteiger partial charge on any atom is -0.458 e. The molecule has 0 aliphatic heterocycles. The van der Waals surface area contributed by atoms with Crippen LogP contribution in [0, 0.1) is 5.92 Å². The summed E-state index contributed by atoms with van der Waals surface area (Å²) in [6.45, 7) is 20.3. The SMILES string of the molecule is C=Cc1cccc(C(C(=O)NC(Cc2ccccc2)C(=O)OC(C)(C)C)N(CCC)C(=O)C(NC(=O)OC(C)(C)C)C(C)CC)c1. The van der Waals surface area contributed by atoms with Crippen LogP contribution in [-0.4, -0.2) is 58.6 Å². The molecular weight excluding hydrogens is 582 g/mol. The van der Waals surface area contributed by atoms with Crippen molar-refractivity contribution in [3.05, 3.63) is 77.9 Å². The smallest absolute Gasteiger partial charge is 0.408 e. The summed E-state index contributed by atoms with van der Waals surface area (Å²) in [6, 6.07) is 13.4. The highest BCUT2D eigenvalue weighted by Crippen LogP contribution is 2.27. The van der Waals surface area contributed by atoms with Crippen LogP contribution in [0.4, 0.5) is 4.79 Å². The first kappa shape index (κ1) is 38.0. The molecule has 0 bridgehead atoms. The van der Waals surface area contributed by atoms with Crippen molar-refractivity contribution in [2.45, 2.75) is 111 Å². The van der Waals surface area contributed by atoms with E-state index in [1.807, 2.05) is 57.2 Å². The van der Waals surface area contributed by atoms with Gasteiger partial charge in [-0.2, -0.15) is 0 Å². The second kappa shape index (κ2) is 17.0. The van der Waals surface area contributed by atoms with Crippen LogP contribution in [0.2, 0.25) is 0 Å². The maximum Gasteiger partial charge on any atom is 0.408 e. The van der Waals surface area contributed by atoms with Crippen molar-refractivity contribution in [2.75, 3.05) is 6.54 Å². The zero-order valence-electron chi connectivity index (χ0n) is 29.0. The van der Waals surface area contributed by atoms with Gasteiger partial charge < -0.3 is 25.0 Å². The van der Waals surface area contributed by atoms with Crippen LogP contribution in [0.5, 0.6) is 0 Å². The molecule has 0 aromatic heterocycles. The second-order valence-corrected chi connectivity index (χ2v) is 13.6. The third-order valence-electron chi connectivity index (χ3n) is 7.21. The number of esters is 1. The van der Waals surface area contributed by atoms with Gasteiger partial charge in [0.05, 0.1) is 0 Å². The van der Waals surface area contributed by atoms with Gasteiger partial charge in [-0.05, 0) is 76.6 Å². The molecule has 46 heavy (non-hydrogen) atoms. The average molecular weight is 636 g/mol. The van der Waals surface area contributed by atoms with E-state index in [9.17, 15) is 19.2 Å². The number of hydrogen-bond acceptors (Lipinski definition) is 6. The number of carbonyl (C=O) groups excluding carboxylic acids is 4. The van der Waals surface area contributed by atoms with Crippen molar-refractivity contribution in [2.24, 2.45) is 5.92 Å². The van der Waals surface area contributed by atoms with E-state index in [4.69, 9.17) is 9.47 Å². The second-order valence-electron chi connectivity index (χ2n) is 13.6. The standard InChI is InChI=1S/C37H53N3O6/c1-11-22-40(33(42)30(25(4)12-2)39-35(44)46-37(8,9)10)31(28-21-17-20-26(13-3)23-28)32(41)38-29(34(43)45-36(5,6)7)24-27-18-15-14-16-19-27/h13-21,23,25,29-31H,3,11-12,22,24H2,1-2,4-10H3,(H,38,41)(H,39,44). The Morgan fingerprint density at radius 3 is 2.07 bits per heavy atom. The van der Waals surface area contributed by atoms with E-state index >= 15 is 0 Å². The molecule has 4 atom stereocenters. The summed E-state index contributed by atoms with van der Waals surface area (Å²) in [5.41, 5.74) is 0.593. The molecule has 0 fully saturated rings. The van der Waals surface area contributed by atoms with Gasteiger partial charge in [0.2, 0.25) is 11.8 Å². The van der Waals surface area contributed by atoms with E-state index < -0.39 is 53.2 Å². The summed E-state index contributed by atoms with van der Waals surface area (Å²) in [6.07, 6.45) is 2.26. The Morgan fingerprint density at radius 1 is 0.891 bits per heavy atom. The molecule has 0 aliphatic rings. The first-order valence-corrected chi connectivity index (χ1v) is 16.1. The van der Waals surface area contributed by atoms with Crippen molar-refractivity contribution in [3.63, 3.8) is 0 Å². The Morgan fingerprint density at radius 2 is 1.52 bits per heavy atom. The molecule has 0 radical (unpaired) electrons. The molecule has 2 rings (SSSR count). The number of rotatable bonds is 14. The lowest BCUT2D eigenvalue weighted by Gasteiger charge is -2.36. The van der Waals surface area contributed by atoms with Gasteiger partial charge in [0.25, 0.3) is 0 Å². The molecule has 0 heterocycles. The molecule has 0 saturated heterocycles. The number of nitrogens with one attached hydrogen (secondary N) is 2. The Hall–Kier alpha value is -4.14. The molecule has 252 valence electrons. The zero-order valence-corrected chi connectivity index (χ0v) is 29.0. The summed E-state index contributed by atoms with van der Waals surface area (Å²) in [4.78, 5) is 56.8. The highest BCUT2D eigenvalue weighted by molar-refractivity contribution is 5.94. The molecule has 9 heteroatoms. The van der Waals surface area contributed by atoms with Crippen molar-refractivity contribution in [1.82, 2.24) is 15.5 Å². The van der Waals surface area contributed by atoms with E-state index in [0.29, 0.717) is 18.4 Å². The largest absolute Gasteiger partial charge is 0.458 e. The fourth-order valence-corrected chi connectivity index (χ4v) is 4.90. The summed E-state index contributed by atoms with van der Waals surface area (Å²) in [7, 11) is 0. The molecule has 0 aliphatic carbocycles. The van der Waals surface area contributed by atoms with Gasteiger partial charge >= 0.3 is 12.1 Å². The summed E-state index contributed by atoms with van der Waals surface area (Å²) in [5.74, 6) is -1.83. The van der Waals surface area contributed by atoms with Crippen molar-refractivity contribution >= 4 is 30.0 Å². The molecule has 0 saturated carbocycles. The van der Waals surface area contributed by atoms with Crippen LogP contribution < -0.4 is 10.6 Å². The number of carbonyl (C=O) groups is 4. The van der Waals surface area contributed by atoms with Gasteiger partial charge in [0.1, 0.15) is 29.3 Å². The summed E-state index contributed by atoms with van der Waals surface area (Å²) < 4.78 is 11.2. The van der Waals surface area contributed by atoms with E-state index in [1.165, 1.54) is 4.90 Å². The average Bonchev–Trinajstić information content (AvgIpc) is 2.97. The van der Waals surface area contributed by atoms with Crippen LogP contribution in [0.1, 0.15) is 97.9 Å². The predicted molar refractivity (Wildman–Crippen MR) is 182 cm³/mol. The molecule has 2 aromatic carbocycles. The van der Waals surface area contributed by atoms with Crippen LogP contribution in [0.15, 0.2) is 61.2 Å². The monoisotopic (exact) mass is 635 g/mol. The minimum atomic E-state index is -1.12. The van der Waals surface area contributed by atoms with Gasteiger partial charge in [-0.15, -0.1) is 0 Å². The van der Waals surface area contributed by atoms with E-state index in [2.05, 4.69) is 17.2 Å². The van der Waals surface area contributed by atoms with Gasteiger partial charge in [-0.3, -0.25) is 9.59 Å². The minimum absolute atomic E-state index is 0.193. The Labute approximate surface area is 275 Å². The first-order valence-electron chi connectivity index (χ1n) is 16.1. The lowest BCUT2D eigenvalue weighted by atomic mass is 9.95. The van der Waals surface area contributed by atoms with Gasteiger partial charge in [-0.25, -0.2) is 9.59 Å². The normalized spacial score (nSPS) is 14.2. The zero-order chi connectivity index (χ0) is 34.7. The Balaban J connectivity index is 2.63. The molecule has 2 N–H and O–H groups in total. The lowest BCUT2D eigenvalue weighted by Crippen LogP contribution is -2.56. The fraction of sp³-hybridized carbons (Fsp3) is 0.514. The molecular formula is C37H53N3O6. The number of alkyl carbamates (subject to hydrolysis) is 1. The summed E-state index contributed by atoms with van der Waals surface area (Å²) in [5, 5.41) is 5.70. The highest BCUT2D eigenvalue weighted by Gasteiger charge is 2.39. The van der Waals surface area contributed by atoms with Crippen LogP contribution in [0.25, 0.3) is 6.08 Å². The number of benzene rings is 2. The summed E-state index contributed by atoms with van der Waals surface area (Å²) >= 11 is 0. The maximum absolute atomic E-state index is 14.5.